The van der Waals surface area contributed by atoms with Gasteiger partial charge in [0, 0.05) is 11.4 Å². The van der Waals surface area contributed by atoms with Crippen LogP contribution in [0.2, 0.25) is 0 Å². The Kier molecular flexibility index (Phi) is 6.29. The van der Waals surface area contributed by atoms with Crippen LogP contribution in [0.25, 0.3) is 0 Å². The van der Waals surface area contributed by atoms with Gasteiger partial charge in [-0.15, -0.1) is 0 Å². The van der Waals surface area contributed by atoms with Crippen LogP contribution in [-0.2, 0) is 23.9 Å². The number of benzene rings is 2. The summed E-state index contributed by atoms with van der Waals surface area (Å²) in [4.78, 5) is 36.7. The standard InChI is InChI=1S/C22H22N2O5/c1-14(2)16-10-6-7-11-17(16)24-19(26)13-29-22(27)20-18(25)12-28-21(20)23-15-8-4-3-5-9-15/h3-11,14,23H,12-13H2,1-2H3,(H,24,26). The molecule has 0 spiro atoms. The molecule has 1 amide bonds. The van der Waals surface area contributed by atoms with Crippen molar-refractivity contribution in [1.29, 1.82) is 0 Å². The molecule has 3 rings (SSSR count). The van der Waals surface area contributed by atoms with E-state index in [4.69, 9.17) is 9.47 Å². The predicted octanol–water partition coefficient (Wildman–Crippen LogP) is 3.21. The van der Waals surface area contributed by atoms with E-state index in [-0.39, 0.29) is 24.0 Å². The third kappa shape index (κ3) is 5.01. The van der Waals surface area contributed by atoms with Crippen molar-refractivity contribution >= 4 is 29.0 Å². The summed E-state index contributed by atoms with van der Waals surface area (Å²) in [5.74, 6) is -1.65. The van der Waals surface area contributed by atoms with Gasteiger partial charge in [0.05, 0.1) is 0 Å². The van der Waals surface area contributed by atoms with Gasteiger partial charge in [0.1, 0.15) is 0 Å². The van der Waals surface area contributed by atoms with Crippen molar-refractivity contribution in [1.82, 2.24) is 0 Å². The third-order valence-electron chi connectivity index (χ3n) is 4.28. The fourth-order valence-electron chi connectivity index (χ4n) is 2.87. The van der Waals surface area contributed by atoms with E-state index >= 15 is 0 Å². The number of para-hydroxylation sites is 2. The van der Waals surface area contributed by atoms with E-state index in [1.807, 2.05) is 38.1 Å². The quantitative estimate of drug-likeness (QED) is 0.553. The number of Topliss-reactive ketones (excluding diaryl/α,β-unsaturated/α-hetero) is 1. The highest BCUT2D eigenvalue weighted by Gasteiger charge is 2.32. The first-order valence-electron chi connectivity index (χ1n) is 9.24. The molecule has 0 bridgehead atoms. The van der Waals surface area contributed by atoms with Gasteiger partial charge in [-0.1, -0.05) is 50.2 Å². The molecule has 2 aromatic rings. The van der Waals surface area contributed by atoms with Gasteiger partial charge < -0.3 is 20.1 Å². The smallest absolute Gasteiger partial charge is 0.347 e. The molecular weight excluding hydrogens is 372 g/mol. The highest BCUT2D eigenvalue weighted by Crippen LogP contribution is 2.24. The van der Waals surface area contributed by atoms with Gasteiger partial charge in [-0.3, -0.25) is 9.59 Å². The van der Waals surface area contributed by atoms with Gasteiger partial charge in [0.25, 0.3) is 5.91 Å². The molecule has 1 aliphatic heterocycles. The van der Waals surface area contributed by atoms with E-state index < -0.39 is 24.3 Å². The largest absolute Gasteiger partial charge is 0.470 e. The summed E-state index contributed by atoms with van der Waals surface area (Å²) >= 11 is 0. The molecule has 0 saturated heterocycles. The lowest BCUT2D eigenvalue weighted by atomic mass is 10.0. The summed E-state index contributed by atoms with van der Waals surface area (Å²) in [5, 5.41) is 5.62. The number of esters is 1. The van der Waals surface area contributed by atoms with Crippen LogP contribution < -0.4 is 10.6 Å². The summed E-state index contributed by atoms with van der Waals surface area (Å²) < 4.78 is 10.3. The Labute approximate surface area is 168 Å². The Morgan fingerprint density at radius 3 is 2.48 bits per heavy atom. The fourth-order valence-corrected chi connectivity index (χ4v) is 2.87. The molecule has 0 saturated carbocycles. The minimum atomic E-state index is -0.904. The number of hydrogen-bond donors (Lipinski definition) is 2. The van der Waals surface area contributed by atoms with Crippen LogP contribution in [0.5, 0.6) is 0 Å². The SMILES string of the molecule is CC(C)c1ccccc1NC(=O)COC(=O)C1=C(Nc2ccccc2)OCC1=O. The number of ketones is 1. The monoisotopic (exact) mass is 394 g/mol. The van der Waals surface area contributed by atoms with E-state index in [9.17, 15) is 14.4 Å². The topological polar surface area (TPSA) is 93.7 Å². The fraction of sp³-hybridized carbons (Fsp3) is 0.227. The van der Waals surface area contributed by atoms with Gasteiger partial charge in [0.2, 0.25) is 11.7 Å². The van der Waals surface area contributed by atoms with E-state index in [1.165, 1.54) is 0 Å². The predicted molar refractivity (Wildman–Crippen MR) is 108 cm³/mol. The number of carbonyl (C=O) groups excluding carboxylic acids is 3. The number of anilines is 2. The van der Waals surface area contributed by atoms with Crippen molar-refractivity contribution in [3.05, 3.63) is 71.6 Å². The molecule has 1 heterocycles. The molecule has 1 aliphatic rings. The van der Waals surface area contributed by atoms with E-state index in [0.717, 1.165) is 5.56 Å². The molecule has 0 aromatic heterocycles. The lowest BCUT2D eigenvalue weighted by molar-refractivity contribution is -0.144. The van der Waals surface area contributed by atoms with Crippen molar-refractivity contribution < 1.29 is 23.9 Å². The maximum absolute atomic E-state index is 12.4. The molecular formula is C22H22N2O5. The Morgan fingerprint density at radius 2 is 1.76 bits per heavy atom. The summed E-state index contributed by atoms with van der Waals surface area (Å²) in [6, 6.07) is 16.4. The molecule has 2 N–H and O–H groups in total. The molecule has 0 radical (unpaired) electrons. The molecule has 0 unspecified atom stereocenters. The zero-order valence-corrected chi connectivity index (χ0v) is 16.2. The second kappa shape index (κ2) is 9.05. The number of carbonyl (C=O) groups is 3. The molecule has 7 nitrogen and oxygen atoms in total. The first kappa shape index (κ1) is 20.1. The average molecular weight is 394 g/mol. The second-order valence-corrected chi connectivity index (χ2v) is 6.77. The second-order valence-electron chi connectivity index (χ2n) is 6.77. The van der Waals surface area contributed by atoms with Crippen LogP contribution in [-0.4, -0.2) is 30.9 Å². The van der Waals surface area contributed by atoms with Crippen LogP contribution in [0.1, 0.15) is 25.3 Å². The summed E-state index contributed by atoms with van der Waals surface area (Å²) in [6.07, 6.45) is 0. The zero-order chi connectivity index (χ0) is 20.8. The van der Waals surface area contributed by atoms with Gasteiger partial charge in [-0.2, -0.15) is 0 Å². The lowest BCUT2D eigenvalue weighted by Crippen LogP contribution is -2.24. The Morgan fingerprint density at radius 1 is 1.07 bits per heavy atom. The molecule has 0 fully saturated rings. The third-order valence-corrected chi connectivity index (χ3v) is 4.28. The average Bonchev–Trinajstić information content (AvgIpc) is 3.07. The maximum Gasteiger partial charge on any atom is 0.347 e. The van der Waals surface area contributed by atoms with Crippen LogP contribution in [0.3, 0.4) is 0 Å². The highest BCUT2D eigenvalue weighted by molar-refractivity contribution is 6.20. The maximum atomic E-state index is 12.4. The summed E-state index contributed by atoms with van der Waals surface area (Å²) in [5.41, 5.74) is 2.06. The Balaban J connectivity index is 1.64. The van der Waals surface area contributed by atoms with Crippen molar-refractivity contribution in [3.63, 3.8) is 0 Å². The van der Waals surface area contributed by atoms with Crippen molar-refractivity contribution in [2.75, 3.05) is 23.8 Å². The summed E-state index contributed by atoms with van der Waals surface area (Å²) in [6.45, 7) is 3.27. The minimum absolute atomic E-state index is 0.0248. The normalized spacial score (nSPS) is 13.3. The zero-order valence-electron chi connectivity index (χ0n) is 16.2. The first-order chi connectivity index (χ1) is 14.0. The van der Waals surface area contributed by atoms with Gasteiger partial charge in [-0.05, 0) is 29.7 Å². The molecule has 7 heteroatoms. The van der Waals surface area contributed by atoms with E-state index in [2.05, 4.69) is 10.6 Å². The lowest BCUT2D eigenvalue weighted by Gasteiger charge is -2.13. The molecule has 150 valence electrons. The number of nitrogens with one attached hydrogen (secondary N) is 2. The number of rotatable bonds is 7. The van der Waals surface area contributed by atoms with E-state index in [1.54, 1.807) is 30.3 Å². The Bertz CT molecular complexity index is 951. The number of amides is 1. The van der Waals surface area contributed by atoms with Crippen LogP contribution >= 0.6 is 0 Å². The molecule has 0 aliphatic carbocycles. The van der Waals surface area contributed by atoms with Crippen molar-refractivity contribution in [2.45, 2.75) is 19.8 Å². The van der Waals surface area contributed by atoms with Crippen LogP contribution in [0.4, 0.5) is 11.4 Å². The number of hydrogen-bond acceptors (Lipinski definition) is 6. The molecule has 29 heavy (non-hydrogen) atoms. The van der Waals surface area contributed by atoms with Crippen molar-refractivity contribution in [2.24, 2.45) is 0 Å². The Hall–Kier alpha value is -3.61. The highest BCUT2D eigenvalue weighted by atomic mass is 16.5. The summed E-state index contributed by atoms with van der Waals surface area (Å²) in [7, 11) is 0. The van der Waals surface area contributed by atoms with Crippen LogP contribution in [0, 0.1) is 0 Å². The first-order valence-corrected chi connectivity index (χ1v) is 9.24. The minimum Gasteiger partial charge on any atom is -0.470 e. The molecule has 2 aromatic carbocycles. The van der Waals surface area contributed by atoms with E-state index in [0.29, 0.717) is 11.4 Å². The van der Waals surface area contributed by atoms with Gasteiger partial charge in [0.15, 0.2) is 18.8 Å². The van der Waals surface area contributed by atoms with Gasteiger partial charge >= 0.3 is 5.97 Å². The van der Waals surface area contributed by atoms with Gasteiger partial charge in [-0.25, -0.2) is 4.79 Å². The molecule has 0 atom stereocenters. The number of ether oxygens (including phenoxy) is 2. The van der Waals surface area contributed by atoms with Crippen LogP contribution in [0.15, 0.2) is 66.1 Å². The van der Waals surface area contributed by atoms with Crippen molar-refractivity contribution in [3.8, 4) is 0 Å².